The molecule has 0 fully saturated rings. The quantitative estimate of drug-likeness (QED) is 0.354. The molecular formula is C24H23ClN3NaO5S. The third kappa shape index (κ3) is 5.60. The third-order valence-corrected chi connectivity index (χ3v) is 6.98. The van der Waals surface area contributed by atoms with E-state index in [-0.39, 0.29) is 40.1 Å². The molecule has 8 nitrogen and oxygen atoms in total. The molecule has 178 valence electrons. The molecule has 11 heteroatoms. The van der Waals surface area contributed by atoms with Crippen LogP contribution in [0.25, 0.3) is 10.9 Å². The number of nitrogens with one attached hydrogen (secondary N) is 2. The Morgan fingerprint density at radius 3 is 2.29 bits per heavy atom. The van der Waals surface area contributed by atoms with Crippen LogP contribution in [0.1, 0.15) is 10.5 Å². The number of carbonyl (C=O) groups is 1. The van der Waals surface area contributed by atoms with Crippen LogP contribution in [0.15, 0.2) is 71.6 Å². The van der Waals surface area contributed by atoms with Gasteiger partial charge in [0.25, 0.3) is 15.9 Å². The Hall–Kier alpha value is -2.69. The number of ether oxygens (including phenoxy) is 2. The molecule has 4 rings (SSSR count). The first-order valence-electron chi connectivity index (χ1n) is 10.1. The van der Waals surface area contributed by atoms with Crippen molar-refractivity contribution < 1.29 is 22.7 Å². The number of nitrogens with zero attached hydrogens (tertiary/aromatic N) is 1. The van der Waals surface area contributed by atoms with Gasteiger partial charge in [0, 0.05) is 29.9 Å². The zero-order valence-corrected chi connectivity index (χ0v) is 20.2. The van der Waals surface area contributed by atoms with Crippen molar-refractivity contribution in [2.24, 2.45) is 7.05 Å². The van der Waals surface area contributed by atoms with Gasteiger partial charge in [0.2, 0.25) is 0 Å². The minimum atomic E-state index is -4.09. The summed E-state index contributed by atoms with van der Waals surface area (Å²) in [4.78, 5) is 12.9. The van der Waals surface area contributed by atoms with E-state index in [4.69, 9.17) is 21.1 Å². The Bertz CT molecular complexity index is 1490. The summed E-state index contributed by atoms with van der Waals surface area (Å²) in [5, 5.41) is 4.38. The average Bonchev–Trinajstić information content (AvgIpc) is 3.19. The summed E-state index contributed by atoms with van der Waals surface area (Å²) >= 11 is 6.43. The van der Waals surface area contributed by atoms with E-state index in [2.05, 4.69) is 10.0 Å². The van der Waals surface area contributed by atoms with Crippen LogP contribution in [-0.4, -0.2) is 62.7 Å². The topological polar surface area (TPSA) is 98.7 Å². The predicted molar refractivity (Wildman–Crippen MR) is 139 cm³/mol. The Morgan fingerprint density at radius 2 is 1.63 bits per heavy atom. The monoisotopic (exact) mass is 523 g/mol. The van der Waals surface area contributed by atoms with E-state index >= 15 is 0 Å². The van der Waals surface area contributed by atoms with Crippen LogP contribution in [0.3, 0.4) is 0 Å². The van der Waals surface area contributed by atoms with Crippen molar-refractivity contribution in [3.63, 3.8) is 0 Å². The van der Waals surface area contributed by atoms with Crippen molar-refractivity contribution in [1.82, 2.24) is 9.29 Å². The number of hydrogen-bond donors (Lipinski definition) is 2. The zero-order valence-electron chi connectivity index (χ0n) is 18.6. The van der Waals surface area contributed by atoms with Crippen LogP contribution >= 0.6 is 11.6 Å². The number of aryl methyl sites for hydroxylation is 1. The molecule has 1 heterocycles. The minimum absolute atomic E-state index is 0. The number of halogens is 1. The van der Waals surface area contributed by atoms with E-state index in [0.29, 0.717) is 33.1 Å². The fourth-order valence-corrected chi connectivity index (χ4v) is 4.85. The van der Waals surface area contributed by atoms with Gasteiger partial charge in [0.1, 0.15) is 17.2 Å². The number of fused-ring (bicyclic) bond motifs is 1. The summed E-state index contributed by atoms with van der Waals surface area (Å²) in [6, 6.07) is 18.2. The van der Waals surface area contributed by atoms with Gasteiger partial charge in [-0.25, -0.2) is 13.1 Å². The molecule has 0 aliphatic heterocycles. The van der Waals surface area contributed by atoms with Crippen molar-refractivity contribution in [2.45, 2.75) is 4.90 Å². The summed E-state index contributed by atoms with van der Waals surface area (Å²) in [5.74, 6) is 0.412. The molecule has 2 N–H and O–H groups in total. The zero-order chi connectivity index (χ0) is 24.5. The molecule has 3 aromatic carbocycles. The number of anilines is 2. The number of benzene rings is 3. The number of rotatable bonds is 7. The molecule has 0 spiro atoms. The first kappa shape index (κ1) is 26.9. The van der Waals surface area contributed by atoms with E-state index in [1.807, 2.05) is 24.3 Å². The second kappa shape index (κ2) is 10.9. The Balaban J connectivity index is 0.00000342. The molecule has 0 unspecified atom stereocenters. The Labute approximate surface area is 230 Å². The first-order chi connectivity index (χ1) is 16.2. The fraction of sp³-hybridized carbons (Fsp3) is 0.125. The van der Waals surface area contributed by atoms with Gasteiger partial charge < -0.3 is 19.4 Å². The van der Waals surface area contributed by atoms with Gasteiger partial charge in [-0.2, -0.15) is 0 Å². The molecule has 35 heavy (non-hydrogen) atoms. The van der Waals surface area contributed by atoms with Crippen LogP contribution in [0.4, 0.5) is 11.4 Å². The molecule has 1 aromatic heterocycles. The average molecular weight is 524 g/mol. The second-order valence-corrected chi connectivity index (χ2v) is 9.50. The molecule has 0 radical (unpaired) electrons. The molecule has 0 aliphatic rings. The van der Waals surface area contributed by atoms with E-state index in [9.17, 15) is 13.2 Å². The summed E-state index contributed by atoms with van der Waals surface area (Å²) < 4.78 is 39.5. The normalized spacial score (nSPS) is 11.0. The van der Waals surface area contributed by atoms with Gasteiger partial charge in [0.15, 0.2) is 0 Å². The van der Waals surface area contributed by atoms with Crippen molar-refractivity contribution in [3.05, 3.63) is 77.4 Å². The van der Waals surface area contributed by atoms with Crippen LogP contribution in [0, 0.1) is 0 Å². The number of amides is 1. The van der Waals surface area contributed by atoms with Crippen molar-refractivity contribution in [3.8, 4) is 11.5 Å². The van der Waals surface area contributed by atoms with Crippen LogP contribution in [-0.2, 0) is 17.1 Å². The van der Waals surface area contributed by atoms with Gasteiger partial charge in [0.05, 0.1) is 29.7 Å². The molecule has 0 atom stereocenters. The van der Waals surface area contributed by atoms with Crippen LogP contribution < -0.4 is 19.5 Å². The Morgan fingerprint density at radius 1 is 0.943 bits per heavy atom. The SMILES string of the molecule is COc1ccc(S(=O)(=O)NC(=O)c2cc3c(Nc4cccc(OC)c4)ccc(Cl)c3n2C)cc1.[NaH]. The molecule has 0 saturated heterocycles. The standard InChI is InChI=1S/C24H22ClN3O5S.Na.H/c1-28-22(24(29)27-34(30,31)18-9-7-16(32-2)8-10-18)14-19-21(12-11-20(25)23(19)28)26-15-5-4-6-17(13-15)33-3;;/h4-14,26H,1-3H3,(H,27,29);;. The third-order valence-electron chi connectivity index (χ3n) is 5.32. The second-order valence-electron chi connectivity index (χ2n) is 7.41. The van der Waals surface area contributed by atoms with E-state index < -0.39 is 15.9 Å². The summed E-state index contributed by atoms with van der Waals surface area (Å²) in [5.41, 5.74) is 2.19. The molecule has 4 aromatic rings. The van der Waals surface area contributed by atoms with E-state index in [0.717, 1.165) is 5.69 Å². The molecule has 0 saturated carbocycles. The summed E-state index contributed by atoms with van der Waals surface area (Å²) in [6.45, 7) is 0. The molecule has 0 bridgehead atoms. The van der Waals surface area contributed by atoms with Crippen molar-refractivity contribution >= 4 is 79.4 Å². The fourth-order valence-electron chi connectivity index (χ4n) is 3.59. The number of hydrogen-bond acceptors (Lipinski definition) is 6. The number of sulfonamides is 1. The maximum absolute atomic E-state index is 13.0. The number of carbonyl (C=O) groups excluding carboxylic acids is 1. The Kier molecular flexibility index (Phi) is 8.40. The molecule has 1 amide bonds. The number of aromatic nitrogens is 1. The van der Waals surface area contributed by atoms with Crippen LogP contribution in [0.5, 0.6) is 11.5 Å². The summed E-state index contributed by atoms with van der Waals surface area (Å²) in [7, 11) is 0.622. The predicted octanol–water partition coefficient (Wildman–Crippen LogP) is 4.06. The molecular weight excluding hydrogens is 501 g/mol. The van der Waals surface area contributed by atoms with Crippen LogP contribution in [0.2, 0.25) is 5.02 Å². The van der Waals surface area contributed by atoms with Crippen molar-refractivity contribution in [1.29, 1.82) is 0 Å². The van der Waals surface area contributed by atoms with Gasteiger partial charge in [-0.15, -0.1) is 0 Å². The van der Waals surface area contributed by atoms with Crippen molar-refractivity contribution in [2.75, 3.05) is 19.5 Å². The van der Waals surface area contributed by atoms with E-state index in [1.165, 1.54) is 31.4 Å². The first-order valence-corrected chi connectivity index (χ1v) is 12.0. The van der Waals surface area contributed by atoms with Gasteiger partial charge in [-0.1, -0.05) is 17.7 Å². The maximum atomic E-state index is 13.0. The summed E-state index contributed by atoms with van der Waals surface area (Å²) in [6.07, 6.45) is 0. The number of methoxy groups -OCH3 is 2. The van der Waals surface area contributed by atoms with Gasteiger partial charge in [-0.3, -0.25) is 4.79 Å². The molecule has 0 aliphatic carbocycles. The van der Waals surface area contributed by atoms with Gasteiger partial charge in [-0.05, 0) is 54.6 Å². The van der Waals surface area contributed by atoms with Gasteiger partial charge >= 0.3 is 29.6 Å². The van der Waals surface area contributed by atoms with E-state index in [1.54, 1.807) is 36.9 Å².